The monoisotopic (exact) mass is 384 g/mol. The predicted molar refractivity (Wildman–Crippen MR) is 110 cm³/mol. The van der Waals surface area contributed by atoms with E-state index in [1.807, 2.05) is 12.1 Å². The number of methoxy groups -OCH3 is 2. The number of amides is 1. The maximum atomic E-state index is 12.4. The SMILES string of the molecule is COCCOc1ccc(C(=O)Nc2ccc(N3CCC(OC)CC3)cc2)cc1. The third-order valence-corrected chi connectivity index (χ3v) is 4.94. The second kappa shape index (κ2) is 10.1. The first-order valence-electron chi connectivity index (χ1n) is 9.60. The van der Waals surface area contributed by atoms with Gasteiger partial charge in [-0.3, -0.25) is 4.79 Å². The molecule has 150 valence electrons. The van der Waals surface area contributed by atoms with Crippen LogP contribution in [0.1, 0.15) is 23.2 Å². The Bertz CT molecular complexity index is 738. The van der Waals surface area contributed by atoms with Crippen LogP contribution in [0.4, 0.5) is 11.4 Å². The largest absolute Gasteiger partial charge is 0.491 e. The number of carbonyl (C=O) groups is 1. The summed E-state index contributed by atoms with van der Waals surface area (Å²) in [7, 11) is 3.41. The molecular formula is C22H28N2O4. The molecule has 0 spiro atoms. The van der Waals surface area contributed by atoms with Crippen molar-refractivity contribution < 1.29 is 19.0 Å². The molecule has 1 aliphatic heterocycles. The minimum Gasteiger partial charge on any atom is -0.491 e. The molecule has 2 aromatic carbocycles. The van der Waals surface area contributed by atoms with Crippen LogP contribution < -0.4 is 15.0 Å². The summed E-state index contributed by atoms with van der Waals surface area (Å²) >= 11 is 0. The van der Waals surface area contributed by atoms with Gasteiger partial charge in [-0.15, -0.1) is 0 Å². The number of piperidine rings is 1. The van der Waals surface area contributed by atoms with Gasteiger partial charge in [0.15, 0.2) is 0 Å². The number of ether oxygens (including phenoxy) is 3. The third-order valence-electron chi connectivity index (χ3n) is 4.94. The van der Waals surface area contributed by atoms with Crippen LogP contribution in [0.2, 0.25) is 0 Å². The van der Waals surface area contributed by atoms with Gasteiger partial charge in [0.05, 0.1) is 12.7 Å². The molecule has 1 saturated heterocycles. The topological polar surface area (TPSA) is 60.0 Å². The Kier molecular flexibility index (Phi) is 7.28. The van der Waals surface area contributed by atoms with E-state index in [1.54, 1.807) is 38.5 Å². The van der Waals surface area contributed by atoms with Crippen LogP contribution >= 0.6 is 0 Å². The molecule has 1 heterocycles. The third kappa shape index (κ3) is 5.47. The lowest BCUT2D eigenvalue weighted by atomic mass is 10.1. The number of hydrogen-bond acceptors (Lipinski definition) is 5. The van der Waals surface area contributed by atoms with Gasteiger partial charge in [-0.05, 0) is 61.4 Å². The summed E-state index contributed by atoms with van der Waals surface area (Å²) in [5, 5.41) is 2.94. The summed E-state index contributed by atoms with van der Waals surface area (Å²) in [6.45, 7) is 2.99. The standard InChI is InChI=1S/C22H28N2O4/c1-26-15-16-28-21-9-3-17(4-10-21)22(25)23-18-5-7-19(8-6-18)24-13-11-20(27-2)12-14-24/h3-10,20H,11-16H2,1-2H3,(H,23,25). The number of carbonyl (C=O) groups excluding carboxylic acids is 1. The lowest BCUT2D eigenvalue weighted by molar-refractivity contribution is 0.0819. The van der Waals surface area contributed by atoms with Gasteiger partial charge in [0.1, 0.15) is 12.4 Å². The zero-order valence-electron chi connectivity index (χ0n) is 16.5. The van der Waals surface area contributed by atoms with Gasteiger partial charge >= 0.3 is 0 Å². The smallest absolute Gasteiger partial charge is 0.255 e. The normalized spacial score (nSPS) is 14.7. The quantitative estimate of drug-likeness (QED) is 0.705. The van der Waals surface area contributed by atoms with Crippen molar-refractivity contribution in [3.05, 3.63) is 54.1 Å². The number of hydrogen-bond donors (Lipinski definition) is 1. The van der Waals surface area contributed by atoms with Gasteiger partial charge in [0, 0.05) is 44.2 Å². The van der Waals surface area contributed by atoms with Crippen molar-refractivity contribution in [1.29, 1.82) is 0 Å². The number of benzene rings is 2. The van der Waals surface area contributed by atoms with Crippen LogP contribution in [0.25, 0.3) is 0 Å². The Morgan fingerprint density at radius 3 is 2.29 bits per heavy atom. The van der Waals surface area contributed by atoms with Crippen molar-refractivity contribution in [3.8, 4) is 5.75 Å². The van der Waals surface area contributed by atoms with E-state index in [2.05, 4.69) is 22.3 Å². The average molecular weight is 384 g/mol. The zero-order chi connectivity index (χ0) is 19.8. The Morgan fingerprint density at radius 1 is 1.00 bits per heavy atom. The summed E-state index contributed by atoms with van der Waals surface area (Å²) in [6.07, 6.45) is 2.45. The zero-order valence-corrected chi connectivity index (χ0v) is 16.5. The fraction of sp³-hybridized carbons (Fsp3) is 0.409. The van der Waals surface area contributed by atoms with E-state index in [1.165, 1.54) is 5.69 Å². The van der Waals surface area contributed by atoms with E-state index in [4.69, 9.17) is 14.2 Å². The Hall–Kier alpha value is -2.57. The molecule has 1 amide bonds. The van der Waals surface area contributed by atoms with Crippen molar-refractivity contribution in [2.45, 2.75) is 18.9 Å². The fourth-order valence-electron chi connectivity index (χ4n) is 3.25. The van der Waals surface area contributed by atoms with E-state index in [-0.39, 0.29) is 5.91 Å². The first-order chi connectivity index (χ1) is 13.7. The van der Waals surface area contributed by atoms with E-state index >= 15 is 0 Å². The Morgan fingerprint density at radius 2 is 1.68 bits per heavy atom. The van der Waals surface area contributed by atoms with Crippen LogP contribution in [0.3, 0.4) is 0 Å². The van der Waals surface area contributed by atoms with Crippen molar-refractivity contribution in [3.63, 3.8) is 0 Å². The molecule has 1 aliphatic rings. The van der Waals surface area contributed by atoms with E-state index in [0.29, 0.717) is 24.9 Å². The van der Waals surface area contributed by atoms with Gasteiger partial charge in [0.2, 0.25) is 0 Å². The maximum Gasteiger partial charge on any atom is 0.255 e. The molecule has 0 aromatic heterocycles. The van der Waals surface area contributed by atoms with Crippen LogP contribution in [0.15, 0.2) is 48.5 Å². The molecule has 1 fully saturated rings. The summed E-state index contributed by atoms with van der Waals surface area (Å²) in [5.74, 6) is 0.576. The summed E-state index contributed by atoms with van der Waals surface area (Å²) in [5.41, 5.74) is 2.54. The minimum atomic E-state index is -0.142. The first kappa shape index (κ1) is 20.2. The molecule has 6 heteroatoms. The van der Waals surface area contributed by atoms with Crippen molar-refractivity contribution in [2.75, 3.05) is 50.7 Å². The maximum absolute atomic E-state index is 12.4. The molecule has 0 bridgehead atoms. The van der Waals surface area contributed by atoms with Crippen LogP contribution in [-0.4, -0.2) is 52.5 Å². The highest BCUT2D eigenvalue weighted by molar-refractivity contribution is 6.04. The van der Waals surface area contributed by atoms with Gasteiger partial charge in [-0.2, -0.15) is 0 Å². The molecule has 2 aromatic rings. The van der Waals surface area contributed by atoms with Crippen LogP contribution in [0, 0.1) is 0 Å². The summed E-state index contributed by atoms with van der Waals surface area (Å²) < 4.78 is 15.9. The van der Waals surface area contributed by atoms with E-state index in [9.17, 15) is 4.79 Å². The minimum absolute atomic E-state index is 0.142. The fourth-order valence-corrected chi connectivity index (χ4v) is 3.25. The lowest BCUT2D eigenvalue weighted by Gasteiger charge is -2.33. The highest BCUT2D eigenvalue weighted by Crippen LogP contribution is 2.23. The van der Waals surface area contributed by atoms with Crippen molar-refractivity contribution >= 4 is 17.3 Å². The molecule has 0 unspecified atom stereocenters. The second-order valence-corrected chi connectivity index (χ2v) is 6.79. The predicted octanol–water partition coefficient (Wildman–Crippen LogP) is 3.58. The van der Waals surface area contributed by atoms with Crippen LogP contribution in [0.5, 0.6) is 5.75 Å². The number of nitrogens with one attached hydrogen (secondary N) is 1. The van der Waals surface area contributed by atoms with E-state index < -0.39 is 0 Å². The van der Waals surface area contributed by atoms with Crippen molar-refractivity contribution in [2.24, 2.45) is 0 Å². The number of anilines is 2. The Labute approximate surface area is 166 Å². The molecular weight excluding hydrogens is 356 g/mol. The van der Waals surface area contributed by atoms with Crippen molar-refractivity contribution in [1.82, 2.24) is 0 Å². The Balaban J connectivity index is 1.53. The molecule has 0 saturated carbocycles. The molecule has 28 heavy (non-hydrogen) atoms. The molecule has 3 rings (SSSR count). The molecule has 0 atom stereocenters. The summed E-state index contributed by atoms with van der Waals surface area (Å²) in [4.78, 5) is 14.8. The average Bonchev–Trinajstić information content (AvgIpc) is 2.75. The number of nitrogens with zero attached hydrogens (tertiary/aromatic N) is 1. The second-order valence-electron chi connectivity index (χ2n) is 6.79. The van der Waals surface area contributed by atoms with Gasteiger partial charge in [-0.25, -0.2) is 0 Å². The molecule has 1 N–H and O–H groups in total. The number of rotatable bonds is 8. The first-order valence-corrected chi connectivity index (χ1v) is 9.60. The molecule has 0 radical (unpaired) electrons. The van der Waals surface area contributed by atoms with Gasteiger partial charge in [-0.1, -0.05) is 0 Å². The molecule has 0 aliphatic carbocycles. The highest BCUT2D eigenvalue weighted by atomic mass is 16.5. The van der Waals surface area contributed by atoms with E-state index in [0.717, 1.165) is 37.4 Å². The van der Waals surface area contributed by atoms with Gasteiger partial charge < -0.3 is 24.4 Å². The lowest BCUT2D eigenvalue weighted by Crippen LogP contribution is -2.36. The van der Waals surface area contributed by atoms with Gasteiger partial charge in [0.25, 0.3) is 5.91 Å². The molecule has 6 nitrogen and oxygen atoms in total. The van der Waals surface area contributed by atoms with Crippen LogP contribution in [-0.2, 0) is 9.47 Å². The summed E-state index contributed by atoms with van der Waals surface area (Å²) in [6, 6.07) is 15.1. The highest BCUT2D eigenvalue weighted by Gasteiger charge is 2.18.